The number of rotatable bonds is 3. The van der Waals surface area contributed by atoms with Crippen molar-refractivity contribution in [2.75, 3.05) is 0 Å². The van der Waals surface area contributed by atoms with E-state index in [-0.39, 0.29) is 6.04 Å². The zero-order valence-electron chi connectivity index (χ0n) is 12.8. The van der Waals surface area contributed by atoms with Crippen LogP contribution >= 0.6 is 23.4 Å². The van der Waals surface area contributed by atoms with Crippen LogP contribution in [0.25, 0.3) is 0 Å². The number of aliphatic imine (C=N–C) groups is 1. The Balaban J connectivity index is 1.88. The molecule has 1 fully saturated rings. The van der Waals surface area contributed by atoms with Gasteiger partial charge in [-0.3, -0.25) is 0 Å². The van der Waals surface area contributed by atoms with Gasteiger partial charge in [0.05, 0.1) is 17.7 Å². The fraction of sp³-hybridized carbons (Fsp3) is 0.222. The minimum Gasteiger partial charge on any atom is -0.313 e. The topological polar surface area (TPSA) is 39.4 Å². The van der Waals surface area contributed by atoms with Gasteiger partial charge in [-0.25, -0.2) is 4.99 Å². The Morgan fingerprint density at radius 2 is 2.26 bits per heavy atom. The Bertz CT molecular complexity index is 788. The van der Waals surface area contributed by atoms with Crippen LogP contribution in [-0.2, 0) is 6.42 Å². The number of halogens is 1. The summed E-state index contributed by atoms with van der Waals surface area (Å²) in [7, 11) is 0. The standard InChI is InChI=1S/C18H16ClN3S/c1-4-17-12(3)23-18-21-16(5-11(2)22(17)18)9-13-6-14(10-20)8-15(19)7-13/h4-8,12,17H,1-2,9H2,3H3. The molecule has 2 heterocycles. The molecule has 2 aliphatic rings. The molecule has 3 nitrogen and oxygen atoms in total. The second kappa shape index (κ2) is 6.27. The Hall–Kier alpha value is -1.96. The minimum absolute atomic E-state index is 0.223. The molecule has 2 aliphatic heterocycles. The van der Waals surface area contributed by atoms with Gasteiger partial charge in [-0.15, -0.1) is 6.58 Å². The van der Waals surface area contributed by atoms with E-state index in [4.69, 9.17) is 21.9 Å². The maximum Gasteiger partial charge on any atom is 0.169 e. The molecule has 0 N–H and O–H groups in total. The third kappa shape index (κ3) is 3.08. The fourth-order valence-electron chi connectivity index (χ4n) is 2.86. The second-order valence-electron chi connectivity index (χ2n) is 5.58. The van der Waals surface area contributed by atoms with Crippen LogP contribution in [0.3, 0.4) is 0 Å². The molecule has 0 saturated carbocycles. The molecule has 3 rings (SSSR count). The number of nitriles is 1. The predicted octanol–water partition coefficient (Wildman–Crippen LogP) is 4.51. The molecule has 0 amide bonds. The number of benzene rings is 1. The number of amidine groups is 1. The van der Waals surface area contributed by atoms with Crippen LogP contribution in [0.2, 0.25) is 5.02 Å². The average molecular weight is 342 g/mol. The maximum atomic E-state index is 9.06. The van der Waals surface area contributed by atoms with E-state index >= 15 is 0 Å². The van der Waals surface area contributed by atoms with Gasteiger partial charge >= 0.3 is 0 Å². The van der Waals surface area contributed by atoms with Gasteiger partial charge in [0.1, 0.15) is 0 Å². The van der Waals surface area contributed by atoms with Crippen molar-refractivity contribution in [3.05, 3.63) is 71.1 Å². The lowest BCUT2D eigenvalue weighted by molar-refractivity contribution is 0.461. The number of allylic oxidation sites excluding steroid dienone is 2. The molecule has 2 unspecified atom stereocenters. The van der Waals surface area contributed by atoms with Crippen LogP contribution in [0.1, 0.15) is 18.1 Å². The van der Waals surface area contributed by atoms with Crippen LogP contribution in [-0.4, -0.2) is 21.4 Å². The van der Waals surface area contributed by atoms with Gasteiger partial charge in [0.25, 0.3) is 0 Å². The maximum absolute atomic E-state index is 9.06. The molecule has 0 spiro atoms. The first kappa shape index (κ1) is 15.9. The third-order valence-electron chi connectivity index (χ3n) is 3.87. The first-order chi connectivity index (χ1) is 11.0. The second-order valence-corrected chi connectivity index (χ2v) is 7.36. The van der Waals surface area contributed by atoms with Crippen LogP contribution < -0.4 is 0 Å². The smallest absolute Gasteiger partial charge is 0.169 e. The molecular weight excluding hydrogens is 326 g/mol. The first-order valence-electron chi connectivity index (χ1n) is 7.28. The minimum atomic E-state index is 0.223. The summed E-state index contributed by atoms with van der Waals surface area (Å²) in [6, 6.07) is 7.73. The summed E-state index contributed by atoms with van der Waals surface area (Å²) in [5, 5.41) is 11.0. The van der Waals surface area contributed by atoms with Crippen molar-refractivity contribution >= 4 is 28.5 Å². The summed E-state index contributed by atoms with van der Waals surface area (Å²) in [6.07, 6.45) is 4.56. The average Bonchev–Trinajstić information content (AvgIpc) is 2.82. The van der Waals surface area contributed by atoms with Gasteiger partial charge in [-0.2, -0.15) is 5.26 Å². The number of nitrogens with zero attached hydrogens (tertiary/aromatic N) is 3. The molecule has 0 aromatic heterocycles. The first-order valence-corrected chi connectivity index (χ1v) is 8.53. The zero-order chi connectivity index (χ0) is 16.6. The molecule has 2 atom stereocenters. The van der Waals surface area contributed by atoms with E-state index in [1.807, 2.05) is 24.3 Å². The Morgan fingerprint density at radius 3 is 2.96 bits per heavy atom. The summed E-state index contributed by atoms with van der Waals surface area (Å²) in [6.45, 7) is 10.2. The third-order valence-corrected chi connectivity index (χ3v) is 5.24. The van der Waals surface area contributed by atoms with E-state index in [9.17, 15) is 0 Å². The Kier molecular flexibility index (Phi) is 4.34. The summed E-state index contributed by atoms with van der Waals surface area (Å²) in [5.41, 5.74) is 3.39. The molecule has 0 aliphatic carbocycles. The van der Waals surface area contributed by atoms with Gasteiger partial charge in [-0.05, 0) is 29.8 Å². The van der Waals surface area contributed by atoms with Gasteiger partial charge in [0, 0.05) is 28.1 Å². The largest absolute Gasteiger partial charge is 0.313 e. The number of hydrogen-bond acceptors (Lipinski definition) is 4. The molecule has 1 saturated heterocycles. The van der Waals surface area contributed by atoms with Crippen molar-refractivity contribution in [3.63, 3.8) is 0 Å². The van der Waals surface area contributed by atoms with Crippen molar-refractivity contribution in [3.8, 4) is 6.07 Å². The van der Waals surface area contributed by atoms with Gasteiger partial charge in [0.2, 0.25) is 0 Å². The normalized spacial score (nSPS) is 23.0. The lowest BCUT2D eigenvalue weighted by atomic mass is 10.1. The van der Waals surface area contributed by atoms with E-state index in [1.54, 1.807) is 17.8 Å². The van der Waals surface area contributed by atoms with Crippen molar-refractivity contribution in [1.29, 1.82) is 5.26 Å². The van der Waals surface area contributed by atoms with E-state index in [0.717, 1.165) is 22.1 Å². The van der Waals surface area contributed by atoms with Crippen LogP contribution in [0.15, 0.2) is 59.9 Å². The number of thioether (sulfide) groups is 1. The van der Waals surface area contributed by atoms with Crippen LogP contribution in [0.5, 0.6) is 0 Å². The highest BCUT2D eigenvalue weighted by molar-refractivity contribution is 8.14. The monoisotopic (exact) mass is 341 g/mol. The van der Waals surface area contributed by atoms with Gasteiger partial charge < -0.3 is 4.90 Å². The van der Waals surface area contributed by atoms with Gasteiger partial charge in [-0.1, -0.05) is 42.9 Å². The molecular formula is C18H16ClN3S. The van der Waals surface area contributed by atoms with E-state index in [0.29, 0.717) is 22.3 Å². The molecule has 1 aromatic carbocycles. The Morgan fingerprint density at radius 1 is 1.48 bits per heavy atom. The SMILES string of the molecule is C=CC1C(C)SC2=NC(Cc3cc(Cl)cc(C#N)c3)=CC(=C)N21. The molecule has 116 valence electrons. The summed E-state index contributed by atoms with van der Waals surface area (Å²) >= 11 is 7.81. The van der Waals surface area contributed by atoms with Crippen molar-refractivity contribution in [2.24, 2.45) is 4.99 Å². The van der Waals surface area contributed by atoms with E-state index < -0.39 is 0 Å². The molecule has 5 heteroatoms. The lowest BCUT2D eigenvalue weighted by Gasteiger charge is -2.28. The molecule has 0 radical (unpaired) electrons. The zero-order valence-corrected chi connectivity index (χ0v) is 14.4. The van der Waals surface area contributed by atoms with Crippen molar-refractivity contribution in [2.45, 2.75) is 24.6 Å². The highest BCUT2D eigenvalue weighted by Crippen LogP contribution is 2.38. The highest BCUT2D eigenvalue weighted by Gasteiger charge is 2.37. The summed E-state index contributed by atoms with van der Waals surface area (Å²) in [4.78, 5) is 6.88. The summed E-state index contributed by atoms with van der Waals surface area (Å²) < 4.78 is 0. The number of hydrogen-bond donors (Lipinski definition) is 0. The lowest BCUT2D eigenvalue weighted by Crippen LogP contribution is -2.34. The van der Waals surface area contributed by atoms with Gasteiger partial charge in [0.15, 0.2) is 5.17 Å². The number of fused-ring (bicyclic) bond motifs is 1. The van der Waals surface area contributed by atoms with E-state index in [1.165, 1.54) is 0 Å². The fourth-order valence-corrected chi connectivity index (χ4v) is 4.34. The molecule has 0 bridgehead atoms. The highest BCUT2D eigenvalue weighted by atomic mass is 35.5. The quantitative estimate of drug-likeness (QED) is 0.759. The van der Waals surface area contributed by atoms with Crippen LogP contribution in [0, 0.1) is 11.3 Å². The van der Waals surface area contributed by atoms with E-state index in [2.05, 4.69) is 31.1 Å². The van der Waals surface area contributed by atoms with Crippen molar-refractivity contribution in [1.82, 2.24) is 4.90 Å². The van der Waals surface area contributed by atoms with Crippen molar-refractivity contribution < 1.29 is 0 Å². The van der Waals surface area contributed by atoms with Crippen LogP contribution in [0.4, 0.5) is 0 Å². The molecule has 23 heavy (non-hydrogen) atoms. The summed E-state index contributed by atoms with van der Waals surface area (Å²) in [5.74, 6) is 0. The molecule has 1 aromatic rings. The predicted molar refractivity (Wildman–Crippen MR) is 97.4 cm³/mol. The Labute approximate surface area is 145 Å².